The molecule has 0 aromatic heterocycles. The molecule has 1 atom stereocenters. The van der Waals surface area contributed by atoms with Crippen LogP contribution in [0.25, 0.3) is 0 Å². The molecule has 2 aromatic rings. The third kappa shape index (κ3) is 5.16. The zero-order valence-corrected chi connectivity index (χ0v) is 18.1. The fourth-order valence-electron chi connectivity index (χ4n) is 4.01. The largest absolute Gasteiger partial charge is 0.492 e. The Morgan fingerprint density at radius 1 is 1.00 bits per heavy atom. The average molecular weight is 442 g/mol. The zero-order valence-electron chi connectivity index (χ0n) is 17.3. The number of ether oxygens (including phenoxy) is 1. The van der Waals surface area contributed by atoms with E-state index in [0.29, 0.717) is 16.9 Å². The predicted octanol–water partition coefficient (Wildman–Crippen LogP) is 4.78. The van der Waals surface area contributed by atoms with Gasteiger partial charge in [-0.2, -0.15) is 17.9 Å². The van der Waals surface area contributed by atoms with Crippen LogP contribution >= 0.6 is 0 Å². The Kier molecular flexibility index (Phi) is 6.48. The molecule has 0 radical (unpaired) electrons. The molecule has 8 heteroatoms. The van der Waals surface area contributed by atoms with Gasteiger partial charge in [-0.3, -0.25) is 0 Å². The van der Waals surface area contributed by atoms with Gasteiger partial charge in [0.25, 0.3) is 0 Å². The zero-order chi connectivity index (χ0) is 22.1. The Balaban J connectivity index is 1.80. The molecule has 0 heterocycles. The maximum atomic E-state index is 13.6. The quantitative estimate of drug-likeness (QED) is 0.702. The van der Waals surface area contributed by atoms with E-state index in [1.54, 1.807) is 49.8 Å². The molecule has 0 bridgehead atoms. The van der Waals surface area contributed by atoms with Crippen molar-refractivity contribution in [3.8, 4) is 5.75 Å². The highest BCUT2D eigenvalue weighted by atomic mass is 32.2. The van der Waals surface area contributed by atoms with Crippen molar-refractivity contribution in [1.29, 1.82) is 0 Å². The maximum Gasteiger partial charge on any atom is 0.408 e. The summed E-state index contributed by atoms with van der Waals surface area (Å²) in [5, 5.41) is 0. The summed E-state index contributed by atoms with van der Waals surface area (Å²) in [5.41, 5.74) is 3.90. The summed E-state index contributed by atoms with van der Waals surface area (Å²) >= 11 is 0. The van der Waals surface area contributed by atoms with Crippen LogP contribution in [0.15, 0.2) is 35.2 Å². The van der Waals surface area contributed by atoms with E-state index in [1.165, 1.54) is 5.56 Å². The highest BCUT2D eigenvalue weighted by Gasteiger charge is 2.43. The summed E-state index contributed by atoms with van der Waals surface area (Å²) in [5.74, 6) is 0.312. The topological polar surface area (TPSA) is 55.4 Å². The van der Waals surface area contributed by atoms with Gasteiger partial charge in [0.05, 0.1) is 4.90 Å². The van der Waals surface area contributed by atoms with Gasteiger partial charge in [0.2, 0.25) is 10.0 Å². The minimum absolute atomic E-state index is 0.129. The maximum absolute atomic E-state index is 13.6. The molecular weight excluding hydrogens is 415 g/mol. The summed E-state index contributed by atoms with van der Waals surface area (Å²) in [6, 6.07) is 6.17. The van der Waals surface area contributed by atoms with Crippen LogP contribution in [0.3, 0.4) is 0 Å². The van der Waals surface area contributed by atoms with Crippen molar-refractivity contribution in [2.75, 3.05) is 6.61 Å². The number of rotatable bonds is 6. The van der Waals surface area contributed by atoms with E-state index < -0.39 is 28.8 Å². The molecule has 3 rings (SSSR count). The second-order valence-corrected chi connectivity index (χ2v) is 9.54. The molecule has 1 aliphatic rings. The number of sulfonamides is 1. The summed E-state index contributed by atoms with van der Waals surface area (Å²) in [6.45, 7) is 4.10. The van der Waals surface area contributed by atoms with E-state index in [0.717, 1.165) is 36.8 Å². The van der Waals surface area contributed by atoms with Crippen LogP contribution in [-0.4, -0.2) is 27.2 Å². The molecule has 0 aliphatic heterocycles. The first-order valence-corrected chi connectivity index (χ1v) is 11.4. The first kappa shape index (κ1) is 22.6. The van der Waals surface area contributed by atoms with Crippen LogP contribution in [0.2, 0.25) is 0 Å². The lowest BCUT2D eigenvalue weighted by atomic mass is 9.92. The van der Waals surface area contributed by atoms with E-state index in [-0.39, 0.29) is 4.90 Å². The van der Waals surface area contributed by atoms with Crippen molar-refractivity contribution in [2.24, 2.45) is 0 Å². The SMILES string of the molecule is Cc1cc(C)c(S(=O)(=O)NC(COc2ccc3c(c2)CCCC3)C(F)(F)F)c(C)c1. The number of alkyl halides is 3. The molecule has 30 heavy (non-hydrogen) atoms. The molecule has 0 saturated carbocycles. The Morgan fingerprint density at radius 3 is 2.20 bits per heavy atom. The first-order valence-electron chi connectivity index (χ1n) is 9.89. The first-order chi connectivity index (χ1) is 14.0. The molecule has 2 aromatic carbocycles. The number of fused-ring (bicyclic) bond motifs is 1. The summed E-state index contributed by atoms with van der Waals surface area (Å²) in [7, 11) is -4.39. The number of hydrogen-bond donors (Lipinski definition) is 1. The molecule has 0 spiro atoms. The summed E-state index contributed by atoms with van der Waals surface area (Å²) in [4.78, 5) is -0.129. The molecule has 0 amide bonds. The summed E-state index contributed by atoms with van der Waals surface area (Å²) in [6.07, 6.45) is -0.836. The second-order valence-electron chi connectivity index (χ2n) is 7.89. The van der Waals surface area contributed by atoms with Crippen LogP contribution in [0, 0.1) is 20.8 Å². The molecule has 1 aliphatic carbocycles. The molecule has 164 valence electrons. The van der Waals surface area contributed by atoms with Gasteiger partial charge < -0.3 is 4.74 Å². The van der Waals surface area contributed by atoms with E-state index >= 15 is 0 Å². The van der Waals surface area contributed by atoms with Crippen molar-refractivity contribution in [3.63, 3.8) is 0 Å². The minimum atomic E-state index is -4.80. The van der Waals surface area contributed by atoms with E-state index in [1.807, 2.05) is 6.07 Å². The van der Waals surface area contributed by atoms with Gasteiger partial charge in [-0.15, -0.1) is 0 Å². The Bertz CT molecular complexity index is 1010. The lowest BCUT2D eigenvalue weighted by Crippen LogP contribution is -2.49. The van der Waals surface area contributed by atoms with Crippen molar-refractivity contribution in [1.82, 2.24) is 4.72 Å². The van der Waals surface area contributed by atoms with Gasteiger partial charge in [0.15, 0.2) is 6.04 Å². The predicted molar refractivity (Wildman–Crippen MR) is 109 cm³/mol. The number of benzene rings is 2. The van der Waals surface area contributed by atoms with Gasteiger partial charge in [0, 0.05) is 0 Å². The standard InChI is InChI=1S/C22H26F3NO3S/c1-14-10-15(2)21(16(3)11-14)30(27,28)26-20(22(23,24)25)13-29-19-9-8-17-6-4-5-7-18(17)12-19/h8-12,20,26H,4-7,13H2,1-3H3. The van der Waals surface area contributed by atoms with Crippen molar-refractivity contribution < 1.29 is 26.3 Å². The van der Waals surface area contributed by atoms with Crippen LogP contribution in [-0.2, 0) is 22.9 Å². The summed E-state index contributed by atoms with van der Waals surface area (Å²) < 4.78 is 73.5. The fourth-order valence-corrected chi connectivity index (χ4v) is 5.67. The Labute approximate surface area is 175 Å². The van der Waals surface area contributed by atoms with E-state index in [2.05, 4.69) is 0 Å². The smallest absolute Gasteiger partial charge is 0.408 e. The van der Waals surface area contributed by atoms with E-state index in [9.17, 15) is 21.6 Å². The third-order valence-corrected chi connectivity index (χ3v) is 7.08. The van der Waals surface area contributed by atoms with E-state index in [4.69, 9.17) is 4.74 Å². The van der Waals surface area contributed by atoms with Gasteiger partial charge in [-0.25, -0.2) is 8.42 Å². The van der Waals surface area contributed by atoms with Crippen LogP contribution in [0.4, 0.5) is 13.2 Å². The highest BCUT2D eigenvalue weighted by molar-refractivity contribution is 7.89. The molecule has 4 nitrogen and oxygen atoms in total. The molecule has 0 saturated heterocycles. The molecule has 1 N–H and O–H groups in total. The molecule has 1 unspecified atom stereocenters. The normalized spacial score (nSPS) is 15.5. The second kappa shape index (κ2) is 8.59. The lowest BCUT2D eigenvalue weighted by molar-refractivity contribution is -0.157. The Morgan fingerprint density at radius 2 is 1.60 bits per heavy atom. The lowest BCUT2D eigenvalue weighted by Gasteiger charge is -2.23. The highest BCUT2D eigenvalue weighted by Crippen LogP contribution is 2.28. The number of nitrogens with one attached hydrogen (secondary N) is 1. The fraction of sp³-hybridized carbons (Fsp3) is 0.455. The van der Waals surface area contributed by atoms with Crippen LogP contribution in [0.5, 0.6) is 5.75 Å². The average Bonchev–Trinajstić information content (AvgIpc) is 2.63. The van der Waals surface area contributed by atoms with Gasteiger partial charge >= 0.3 is 6.18 Å². The Hall–Kier alpha value is -2.06. The van der Waals surface area contributed by atoms with Crippen molar-refractivity contribution in [3.05, 3.63) is 58.1 Å². The number of halogens is 3. The van der Waals surface area contributed by atoms with Crippen LogP contribution in [0.1, 0.15) is 40.7 Å². The number of hydrogen-bond acceptors (Lipinski definition) is 3. The van der Waals surface area contributed by atoms with Gasteiger partial charge in [0.1, 0.15) is 12.4 Å². The minimum Gasteiger partial charge on any atom is -0.492 e. The van der Waals surface area contributed by atoms with Crippen molar-refractivity contribution >= 4 is 10.0 Å². The van der Waals surface area contributed by atoms with Crippen molar-refractivity contribution in [2.45, 2.75) is 63.6 Å². The molecular formula is C22H26F3NO3S. The third-order valence-electron chi connectivity index (χ3n) is 5.30. The monoisotopic (exact) mass is 441 g/mol. The number of aryl methyl sites for hydroxylation is 5. The van der Waals surface area contributed by atoms with Crippen LogP contribution < -0.4 is 9.46 Å². The molecule has 0 fully saturated rings. The van der Waals surface area contributed by atoms with Gasteiger partial charge in [-0.05, 0) is 80.8 Å². The van der Waals surface area contributed by atoms with Gasteiger partial charge in [-0.1, -0.05) is 23.8 Å².